The third-order valence-electron chi connectivity index (χ3n) is 6.18. The zero-order valence-corrected chi connectivity index (χ0v) is 17.1. The number of thiol groups is 1. The zero-order valence-electron chi connectivity index (χ0n) is 16.2. The molecule has 3 aliphatic rings. The van der Waals surface area contributed by atoms with Gasteiger partial charge in [-0.15, -0.1) is 12.6 Å². The standard InChI is InChI=1S/C20H20N2O7S/c1-22(2)18-9-4-7-3-8-5-10(23)14(19(28)30)17(27)20(8,29)16(26)12(7)15(25)13(9)11(24)6-21-18/h6-8,23-24,26,29H,3-5H2,1-2H3,(H,28,30)/t7-,8+,20+/m1/s1. The van der Waals surface area contributed by atoms with Crippen LogP contribution in [0.3, 0.4) is 0 Å². The van der Waals surface area contributed by atoms with Crippen molar-refractivity contribution in [2.45, 2.75) is 24.9 Å². The number of aliphatic hydroxyl groups is 3. The molecular formula is C20H20N2O7S. The number of Topliss-reactive ketones (excluding diaryl/α,β-unsaturated/α-hetero) is 2. The summed E-state index contributed by atoms with van der Waals surface area (Å²) in [4.78, 5) is 43.7. The van der Waals surface area contributed by atoms with Crippen LogP contribution in [0.1, 0.15) is 28.8 Å². The van der Waals surface area contributed by atoms with E-state index >= 15 is 0 Å². The molecule has 0 saturated heterocycles. The second kappa shape index (κ2) is 6.58. The van der Waals surface area contributed by atoms with Crippen molar-refractivity contribution >= 4 is 35.1 Å². The second-order valence-corrected chi connectivity index (χ2v) is 8.47. The molecule has 30 heavy (non-hydrogen) atoms. The molecular weight excluding hydrogens is 412 g/mol. The third-order valence-corrected chi connectivity index (χ3v) is 6.41. The van der Waals surface area contributed by atoms with E-state index in [2.05, 4.69) is 17.6 Å². The number of aliphatic hydroxyl groups excluding tert-OH is 2. The van der Waals surface area contributed by atoms with Gasteiger partial charge in [-0.05, 0) is 18.8 Å². The summed E-state index contributed by atoms with van der Waals surface area (Å²) in [5.41, 5.74) is -2.93. The normalized spacial score (nSPS) is 28.1. The van der Waals surface area contributed by atoms with Gasteiger partial charge in [-0.2, -0.15) is 0 Å². The minimum absolute atomic E-state index is 0.0410. The van der Waals surface area contributed by atoms with E-state index in [1.54, 1.807) is 19.0 Å². The van der Waals surface area contributed by atoms with E-state index in [-0.39, 0.29) is 36.1 Å². The van der Waals surface area contributed by atoms with Gasteiger partial charge in [-0.25, -0.2) is 4.98 Å². The molecule has 9 nitrogen and oxygen atoms in total. The highest BCUT2D eigenvalue weighted by Gasteiger charge is 2.59. The lowest BCUT2D eigenvalue weighted by atomic mass is 9.60. The van der Waals surface area contributed by atoms with Gasteiger partial charge in [0, 0.05) is 37.6 Å². The molecule has 0 aliphatic heterocycles. The highest BCUT2D eigenvalue weighted by molar-refractivity contribution is 7.97. The molecule has 0 fully saturated rings. The number of aromatic hydroxyl groups is 1. The van der Waals surface area contributed by atoms with Gasteiger partial charge in [0.25, 0.3) is 0 Å². The molecule has 158 valence electrons. The Morgan fingerprint density at radius 3 is 2.50 bits per heavy atom. The third kappa shape index (κ3) is 2.53. The van der Waals surface area contributed by atoms with Gasteiger partial charge in [0.1, 0.15) is 28.7 Å². The molecule has 3 atom stereocenters. The number of nitrogens with zero attached hydrogens (tertiary/aromatic N) is 2. The van der Waals surface area contributed by atoms with Gasteiger partial charge >= 0.3 is 0 Å². The quantitative estimate of drug-likeness (QED) is 0.341. The monoisotopic (exact) mass is 432 g/mol. The minimum atomic E-state index is -2.52. The number of carbonyl (C=O) groups is 3. The molecule has 1 aromatic rings. The van der Waals surface area contributed by atoms with Gasteiger partial charge in [-0.1, -0.05) is 0 Å². The summed E-state index contributed by atoms with van der Waals surface area (Å²) in [6.45, 7) is 0. The Morgan fingerprint density at radius 2 is 1.90 bits per heavy atom. The van der Waals surface area contributed by atoms with Gasteiger partial charge in [0.2, 0.25) is 10.9 Å². The summed E-state index contributed by atoms with van der Waals surface area (Å²) < 4.78 is 0. The number of carbonyl (C=O) groups excluding carboxylic acids is 3. The summed E-state index contributed by atoms with van der Waals surface area (Å²) in [6.07, 6.45) is 1.25. The van der Waals surface area contributed by atoms with Crippen molar-refractivity contribution in [2.75, 3.05) is 19.0 Å². The topological polar surface area (TPSA) is 148 Å². The first-order chi connectivity index (χ1) is 14.0. The molecule has 0 spiro atoms. The lowest BCUT2D eigenvalue weighted by Gasteiger charge is -2.45. The number of hydrogen-bond donors (Lipinski definition) is 5. The van der Waals surface area contributed by atoms with Gasteiger partial charge in [0.15, 0.2) is 11.4 Å². The molecule has 0 amide bonds. The van der Waals surface area contributed by atoms with Crippen molar-refractivity contribution in [1.82, 2.24) is 4.98 Å². The smallest absolute Gasteiger partial charge is 0.223 e. The largest absolute Gasteiger partial charge is 0.511 e. The molecule has 3 aliphatic carbocycles. The Morgan fingerprint density at radius 1 is 1.23 bits per heavy atom. The van der Waals surface area contributed by atoms with E-state index in [0.717, 1.165) is 6.20 Å². The molecule has 1 heterocycles. The Balaban J connectivity index is 1.92. The van der Waals surface area contributed by atoms with Crippen LogP contribution in [-0.4, -0.2) is 61.8 Å². The Kier molecular flexibility index (Phi) is 4.48. The van der Waals surface area contributed by atoms with Crippen molar-refractivity contribution in [2.24, 2.45) is 11.8 Å². The Hall–Kier alpha value is -2.85. The van der Waals surface area contributed by atoms with Gasteiger partial charge in [-0.3, -0.25) is 14.4 Å². The number of fused-ring (bicyclic) bond motifs is 3. The fourth-order valence-electron chi connectivity index (χ4n) is 4.85. The van der Waals surface area contributed by atoms with Crippen LogP contribution in [0.25, 0.3) is 0 Å². The average molecular weight is 432 g/mol. The molecule has 0 aromatic carbocycles. The fraction of sp³-hybridized carbons (Fsp3) is 0.400. The molecule has 0 saturated carbocycles. The van der Waals surface area contributed by atoms with Crippen LogP contribution in [0.15, 0.2) is 28.9 Å². The zero-order chi connectivity index (χ0) is 22.1. The summed E-state index contributed by atoms with van der Waals surface area (Å²) >= 11 is 3.58. The predicted octanol–water partition coefficient (Wildman–Crippen LogP) is 1.01. The lowest BCUT2D eigenvalue weighted by molar-refractivity contribution is -0.143. The van der Waals surface area contributed by atoms with Crippen molar-refractivity contribution in [3.8, 4) is 5.75 Å². The van der Waals surface area contributed by atoms with E-state index in [9.17, 15) is 34.8 Å². The maximum atomic E-state index is 13.3. The summed E-state index contributed by atoms with van der Waals surface area (Å²) in [7, 11) is 3.48. The van der Waals surface area contributed by atoms with Crippen molar-refractivity contribution in [3.05, 3.63) is 40.0 Å². The maximum absolute atomic E-state index is 13.3. The first-order valence-electron chi connectivity index (χ1n) is 9.29. The van der Waals surface area contributed by atoms with Crippen LogP contribution in [0.2, 0.25) is 0 Å². The van der Waals surface area contributed by atoms with Gasteiger partial charge < -0.3 is 25.3 Å². The van der Waals surface area contributed by atoms with Crippen LogP contribution < -0.4 is 4.90 Å². The van der Waals surface area contributed by atoms with E-state index in [4.69, 9.17) is 0 Å². The van der Waals surface area contributed by atoms with Crippen LogP contribution >= 0.6 is 12.6 Å². The Bertz CT molecular complexity index is 1090. The van der Waals surface area contributed by atoms with Crippen molar-refractivity contribution in [1.29, 1.82) is 0 Å². The molecule has 1 aromatic heterocycles. The highest BCUT2D eigenvalue weighted by Crippen LogP contribution is 2.52. The van der Waals surface area contributed by atoms with Crippen molar-refractivity contribution in [3.63, 3.8) is 0 Å². The maximum Gasteiger partial charge on any atom is 0.223 e. The molecule has 0 unspecified atom stereocenters. The summed E-state index contributed by atoms with van der Waals surface area (Å²) in [6, 6.07) is 0. The first-order valence-corrected chi connectivity index (χ1v) is 9.73. The first kappa shape index (κ1) is 20.4. The predicted molar refractivity (Wildman–Crippen MR) is 108 cm³/mol. The van der Waals surface area contributed by atoms with Crippen LogP contribution in [-0.2, 0) is 16.0 Å². The van der Waals surface area contributed by atoms with Crippen LogP contribution in [0.5, 0.6) is 5.75 Å². The lowest BCUT2D eigenvalue weighted by Crippen LogP contribution is -2.56. The number of ketones is 2. The molecule has 0 radical (unpaired) electrons. The van der Waals surface area contributed by atoms with Crippen LogP contribution in [0.4, 0.5) is 5.82 Å². The van der Waals surface area contributed by atoms with E-state index in [1.807, 2.05) is 0 Å². The number of hydrogen-bond acceptors (Lipinski definition) is 9. The average Bonchev–Trinajstić information content (AvgIpc) is 2.64. The molecule has 4 rings (SSSR count). The summed E-state index contributed by atoms with van der Waals surface area (Å²) in [5.74, 6) is -4.62. The van der Waals surface area contributed by atoms with Crippen LogP contribution in [0, 0.1) is 11.8 Å². The van der Waals surface area contributed by atoms with E-state index in [1.165, 1.54) is 0 Å². The minimum Gasteiger partial charge on any atom is -0.511 e. The number of allylic oxidation sites excluding steroid dienone is 2. The molecule has 10 heteroatoms. The molecule has 4 N–H and O–H groups in total. The number of anilines is 1. The Labute approximate surface area is 176 Å². The van der Waals surface area contributed by atoms with E-state index in [0.29, 0.717) is 11.4 Å². The SMILES string of the molecule is CN(C)c1ncc(O)c2c1C[C@H]1C[C@H]3CC(O)=C(C(=O)S)C(=O)[C@@]3(O)C(O)=C1C2=O. The number of aromatic nitrogens is 1. The molecule has 0 bridgehead atoms. The number of rotatable bonds is 2. The van der Waals surface area contributed by atoms with Gasteiger partial charge in [0.05, 0.1) is 11.8 Å². The fourth-order valence-corrected chi connectivity index (χ4v) is 5.08. The van der Waals surface area contributed by atoms with E-state index < -0.39 is 51.2 Å². The summed E-state index contributed by atoms with van der Waals surface area (Å²) in [5, 5.41) is 41.5. The number of pyridine rings is 1. The van der Waals surface area contributed by atoms with Crippen molar-refractivity contribution < 1.29 is 34.8 Å². The highest BCUT2D eigenvalue weighted by atomic mass is 32.1. The second-order valence-electron chi connectivity index (χ2n) is 8.07.